The van der Waals surface area contributed by atoms with Crippen LogP contribution < -0.4 is 14.4 Å². The number of carbonyl (C=O) groups excluding carboxylic acids is 1. The minimum absolute atomic E-state index is 0.00480. The number of non-ortho nitro benzene ring substituents is 1. The van der Waals surface area contributed by atoms with Gasteiger partial charge in [-0.05, 0) is 54.6 Å². The van der Waals surface area contributed by atoms with Crippen molar-refractivity contribution in [2.24, 2.45) is 0 Å². The Morgan fingerprint density at radius 3 is 2.08 bits per heavy atom. The number of nitrogens with zero attached hydrogens (tertiary/aromatic N) is 2. The number of nitro benzene ring substituents is 1. The number of hydrogen-bond acceptors (Lipinski definition) is 6. The average molecular weight is 504 g/mol. The highest BCUT2D eigenvalue weighted by molar-refractivity contribution is 7.92. The van der Waals surface area contributed by atoms with E-state index in [0.717, 1.165) is 10.4 Å². The smallest absolute Gasteiger partial charge is 0.271 e. The van der Waals surface area contributed by atoms with Crippen molar-refractivity contribution in [1.82, 2.24) is 0 Å². The van der Waals surface area contributed by atoms with E-state index in [1.54, 1.807) is 42.5 Å². The molecule has 0 spiro atoms. The van der Waals surface area contributed by atoms with E-state index in [1.807, 2.05) is 30.3 Å². The summed E-state index contributed by atoms with van der Waals surface area (Å²) in [5.74, 6) is 0.592. The molecule has 4 aromatic carbocycles. The molecule has 4 rings (SSSR count). The Morgan fingerprint density at radius 1 is 0.833 bits per heavy atom. The number of para-hydroxylation sites is 1. The fraction of sp³-hybridized carbons (Fsp3) is 0.0385. The highest BCUT2D eigenvalue weighted by Crippen LogP contribution is 2.27. The third-order valence-corrected chi connectivity index (χ3v) is 6.85. The molecule has 9 nitrogen and oxygen atoms in total. The summed E-state index contributed by atoms with van der Waals surface area (Å²) in [6.45, 7) is -0.597. The molecule has 0 aliphatic carbocycles. The van der Waals surface area contributed by atoms with Crippen LogP contribution >= 0.6 is 0 Å². The fourth-order valence-electron chi connectivity index (χ4n) is 3.36. The van der Waals surface area contributed by atoms with E-state index in [1.165, 1.54) is 30.3 Å². The van der Waals surface area contributed by atoms with Crippen molar-refractivity contribution in [2.75, 3.05) is 16.2 Å². The molecule has 0 aromatic heterocycles. The third kappa shape index (κ3) is 5.86. The maximum atomic E-state index is 13.4. The Bertz CT molecular complexity index is 1460. The van der Waals surface area contributed by atoms with Crippen LogP contribution in [0.15, 0.2) is 114 Å². The van der Waals surface area contributed by atoms with Crippen molar-refractivity contribution in [3.05, 3.63) is 119 Å². The molecule has 0 aliphatic rings. The monoisotopic (exact) mass is 503 g/mol. The normalized spacial score (nSPS) is 10.9. The van der Waals surface area contributed by atoms with Crippen LogP contribution in [0.5, 0.6) is 11.5 Å². The van der Waals surface area contributed by atoms with E-state index in [-0.39, 0.29) is 16.3 Å². The van der Waals surface area contributed by atoms with Crippen LogP contribution in [-0.4, -0.2) is 25.8 Å². The molecule has 1 amide bonds. The summed E-state index contributed by atoms with van der Waals surface area (Å²) in [7, 11) is -4.20. The molecule has 1 N–H and O–H groups in total. The molecule has 36 heavy (non-hydrogen) atoms. The van der Waals surface area contributed by atoms with Gasteiger partial charge in [0.05, 0.1) is 15.5 Å². The predicted molar refractivity (Wildman–Crippen MR) is 136 cm³/mol. The van der Waals surface area contributed by atoms with Gasteiger partial charge in [-0.1, -0.05) is 42.5 Å². The summed E-state index contributed by atoms with van der Waals surface area (Å²) < 4.78 is 33.3. The zero-order valence-corrected chi connectivity index (χ0v) is 19.7. The largest absolute Gasteiger partial charge is 0.457 e. The maximum Gasteiger partial charge on any atom is 0.271 e. The zero-order chi connectivity index (χ0) is 25.5. The SMILES string of the molecule is O=C(CN(c1cccc([N+](=O)[O-])c1)S(=O)(=O)c1ccccc1)Nc1ccc(Oc2ccccc2)cc1. The predicted octanol–water partition coefficient (Wildman–Crippen LogP) is 5.22. The molecule has 0 unspecified atom stereocenters. The van der Waals surface area contributed by atoms with Gasteiger partial charge in [-0.3, -0.25) is 19.2 Å². The highest BCUT2D eigenvalue weighted by atomic mass is 32.2. The van der Waals surface area contributed by atoms with Gasteiger partial charge in [-0.2, -0.15) is 0 Å². The van der Waals surface area contributed by atoms with Gasteiger partial charge < -0.3 is 10.1 Å². The van der Waals surface area contributed by atoms with E-state index < -0.39 is 27.4 Å². The van der Waals surface area contributed by atoms with Gasteiger partial charge in [0.1, 0.15) is 18.0 Å². The molecule has 4 aromatic rings. The van der Waals surface area contributed by atoms with Gasteiger partial charge >= 0.3 is 0 Å². The number of anilines is 2. The second-order valence-electron chi connectivity index (χ2n) is 7.59. The van der Waals surface area contributed by atoms with Gasteiger partial charge in [-0.15, -0.1) is 0 Å². The zero-order valence-electron chi connectivity index (χ0n) is 18.9. The summed E-state index contributed by atoms with van der Waals surface area (Å²) in [6.07, 6.45) is 0. The molecule has 0 heterocycles. The topological polar surface area (TPSA) is 119 Å². The first-order valence-electron chi connectivity index (χ1n) is 10.8. The third-order valence-electron chi connectivity index (χ3n) is 5.06. The minimum atomic E-state index is -4.20. The molecule has 0 fully saturated rings. The van der Waals surface area contributed by atoms with Crippen LogP contribution in [0.3, 0.4) is 0 Å². The van der Waals surface area contributed by atoms with Crippen molar-refractivity contribution in [3.63, 3.8) is 0 Å². The summed E-state index contributed by atoms with van der Waals surface area (Å²) >= 11 is 0. The molecule has 0 radical (unpaired) electrons. The number of hydrogen-bond donors (Lipinski definition) is 1. The van der Waals surface area contributed by atoms with Crippen molar-refractivity contribution < 1.29 is 22.9 Å². The van der Waals surface area contributed by atoms with E-state index in [9.17, 15) is 23.3 Å². The summed E-state index contributed by atoms with van der Waals surface area (Å²) in [5, 5.41) is 13.9. The number of rotatable bonds is 9. The first-order valence-corrected chi connectivity index (χ1v) is 12.2. The van der Waals surface area contributed by atoms with Crippen molar-refractivity contribution in [2.45, 2.75) is 4.90 Å². The lowest BCUT2D eigenvalue weighted by Gasteiger charge is -2.24. The van der Waals surface area contributed by atoms with Gasteiger partial charge in [-0.25, -0.2) is 8.42 Å². The lowest BCUT2D eigenvalue weighted by atomic mass is 10.2. The van der Waals surface area contributed by atoms with E-state index >= 15 is 0 Å². The number of ether oxygens (including phenoxy) is 1. The first-order chi connectivity index (χ1) is 17.3. The molecule has 10 heteroatoms. The minimum Gasteiger partial charge on any atom is -0.457 e. The van der Waals surface area contributed by atoms with Gasteiger partial charge in [0.2, 0.25) is 5.91 Å². The van der Waals surface area contributed by atoms with Crippen LogP contribution in [0.4, 0.5) is 17.1 Å². The molecule has 0 saturated carbocycles. The lowest BCUT2D eigenvalue weighted by Crippen LogP contribution is -2.38. The lowest BCUT2D eigenvalue weighted by molar-refractivity contribution is -0.384. The Kier molecular flexibility index (Phi) is 7.26. The standard InChI is InChI=1S/C26H21N3O6S/c30-26(27-20-14-16-24(17-15-20)35-23-10-3-1-4-11-23)19-28(21-8-7-9-22(18-21)29(31)32)36(33,34)25-12-5-2-6-13-25/h1-18H,19H2,(H,27,30). The Hall–Kier alpha value is -4.70. The van der Waals surface area contributed by atoms with E-state index in [4.69, 9.17) is 4.74 Å². The molecular weight excluding hydrogens is 482 g/mol. The van der Waals surface area contributed by atoms with Crippen LogP contribution in [0, 0.1) is 10.1 Å². The van der Waals surface area contributed by atoms with E-state index in [2.05, 4.69) is 5.32 Å². The van der Waals surface area contributed by atoms with Crippen LogP contribution in [0.25, 0.3) is 0 Å². The number of nitrogens with one attached hydrogen (secondary N) is 1. The van der Waals surface area contributed by atoms with Crippen LogP contribution in [-0.2, 0) is 14.8 Å². The molecule has 0 saturated heterocycles. The summed E-state index contributed by atoms with van der Waals surface area (Å²) in [4.78, 5) is 23.5. The van der Waals surface area contributed by atoms with Crippen LogP contribution in [0.2, 0.25) is 0 Å². The Morgan fingerprint density at radius 2 is 1.44 bits per heavy atom. The second-order valence-corrected chi connectivity index (χ2v) is 9.45. The second kappa shape index (κ2) is 10.7. The Labute approximate surface area is 207 Å². The Balaban J connectivity index is 1.55. The highest BCUT2D eigenvalue weighted by Gasteiger charge is 2.28. The number of sulfonamides is 1. The van der Waals surface area contributed by atoms with Gasteiger partial charge in [0.25, 0.3) is 15.7 Å². The summed E-state index contributed by atoms with van der Waals surface area (Å²) in [6, 6.07) is 28.5. The van der Waals surface area contributed by atoms with E-state index in [0.29, 0.717) is 17.2 Å². The van der Waals surface area contributed by atoms with Crippen LogP contribution in [0.1, 0.15) is 0 Å². The molecule has 182 valence electrons. The fourth-order valence-corrected chi connectivity index (χ4v) is 4.79. The van der Waals surface area contributed by atoms with Gasteiger partial charge in [0, 0.05) is 17.8 Å². The molecule has 0 aliphatic heterocycles. The van der Waals surface area contributed by atoms with Crippen molar-refractivity contribution in [1.29, 1.82) is 0 Å². The maximum absolute atomic E-state index is 13.4. The first kappa shape index (κ1) is 24.4. The molecular formula is C26H21N3O6S. The number of nitro groups is 1. The van der Waals surface area contributed by atoms with Crippen molar-refractivity contribution in [3.8, 4) is 11.5 Å². The summed E-state index contributed by atoms with van der Waals surface area (Å²) in [5.41, 5.74) is 0.126. The van der Waals surface area contributed by atoms with Gasteiger partial charge in [0.15, 0.2) is 0 Å². The quantitative estimate of drug-likeness (QED) is 0.247. The number of amides is 1. The number of benzene rings is 4. The number of carbonyl (C=O) groups is 1. The van der Waals surface area contributed by atoms with Crippen molar-refractivity contribution >= 4 is 33.0 Å². The average Bonchev–Trinajstić information content (AvgIpc) is 2.89. The molecule has 0 bridgehead atoms. The molecule has 0 atom stereocenters.